The molecule has 0 aliphatic carbocycles. The van der Waals surface area contributed by atoms with Crippen molar-refractivity contribution >= 4 is 5.97 Å². The van der Waals surface area contributed by atoms with Gasteiger partial charge in [-0.05, 0) is 43.4 Å². The van der Waals surface area contributed by atoms with Crippen molar-refractivity contribution < 1.29 is 9.53 Å². The first-order valence-electron chi connectivity index (χ1n) is 5.49. The average molecular weight is 218 g/mol. The Morgan fingerprint density at radius 2 is 2.19 bits per heavy atom. The normalized spacial score (nSPS) is 9.88. The molecule has 0 bridgehead atoms. The molecule has 86 valence electrons. The lowest BCUT2D eigenvalue weighted by Gasteiger charge is -2.08. The Morgan fingerprint density at radius 3 is 2.88 bits per heavy atom. The monoisotopic (exact) mass is 218 g/mol. The highest BCUT2D eigenvalue weighted by Gasteiger charge is 2.01. The van der Waals surface area contributed by atoms with E-state index in [1.54, 1.807) is 0 Å². The van der Waals surface area contributed by atoms with Gasteiger partial charge in [0.05, 0.1) is 6.61 Å². The molecule has 0 unspecified atom stereocenters. The van der Waals surface area contributed by atoms with E-state index in [4.69, 9.17) is 4.74 Å². The van der Waals surface area contributed by atoms with E-state index >= 15 is 0 Å². The summed E-state index contributed by atoms with van der Waals surface area (Å²) in [6, 6.07) is 6.29. The van der Waals surface area contributed by atoms with Crippen LogP contribution in [-0.4, -0.2) is 12.6 Å². The molecule has 2 heteroatoms. The number of hydrogen-bond donors (Lipinski definition) is 0. The fraction of sp³-hybridized carbons (Fsp3) is 0.357. The van der Waals surface area contributed by atoms with E-state index in [1.165, 1.54) is 22.8 Å². The molecule has 0 radical (unpaired) electrons. The largest absolute Gasteiger partial charge is 0.463 e. The van der Waals surface area contributed by atoms with Gasteiger partial charge in [0.1, 0.15) is 0 Å². The summed E-state index contributed by atoms with van der Waals surface area (Å²) in [6.07, 6.45) is 2.99. The standard InChI is InChI=1S/C14H18O2/c1-4-14(15)16-10-6-9-13-8-5-7-11(2)12(13)3/h4-5,7-8H,1,6,9-10H2,2-3H3. The van der Waals surface area contributed by atoms with E-state index < -0.39 is 0 Å². The average Bonchev–Trinajstić information content (AvgIpc) is 2.29. The summed E-state index contributed by atoms with van der Waals surface area (Å²) in [4.78, 5) is 10.8. The number of carbonyl (C=O) groups is 1. The van der Waals surface area contributed by atoms with E-state index in [0.717, 1.165) is 12.8 Å². The Balaban J connectivity index is 2.40. The van der Waals surface area contributed by atoms with Gasteiger partial charge in [0.25, 0.3) is 0 Å². The Kier molecular flexibility index (Phi) is 4.77. The van der Waals surface area contributed by atoms with Crippen molar-refractivity contribution in [3.63, 3.8) is 0 Å². The molecule has 16 heavy (non-hydrogen) atoms. The summed E-state index contributed by atoms with van der Waals surface area (Å²) in [5, 5.41) is 0. The number of aryl methyl sites for hydroxylation is 2. The van der Waals surface area contributed by atoms with Crippen LogP contribution in [0.2, 0.25) is 0 Å². The van der Waals surface area contributed by atoms with Crippen molar-refractivity contribution in [2.75, 3.05) is 6.61 Å². The van der Waals surface area contributed by atoms with Crippen LogP contribution < -0.4 is 0 Å². The molecular weight excluding hydrogens is 200 g/mol. The van der Waals surface area contributed by atoms with Gasteiger partial charge in [-0.15, -0.1) is 0 Å². The molecule has 0 spiro atoms. The van der Waals surface area contributed by atoms with Gasteiger partial charge in [-0.1, -0.05) is 24.8 Å². The second-order valence-corrected chi connectivity index (χ2v) is 3.83. The van der Waals surface area contributed by atoms with Gasteiger partial charge in [0.15, 0.2) is 0 Å². The molecule has 0 fully saturated rings. The molecule has 0 saturated heterocycles. The van der Waals surface area contributed by atoms with E-state index in [1.807, 2.05) is 0 Å². The second kappa shape index (κ2) is 6.11. The quantitative estimate of drug-likeness (QED) is 0.431. The van der Waals surface area contributed by atoms with Crippen LogP contribution in [0.5, 0.6) is 0 Å². The summed E-state index contributed by atoms with van der Waals surface area (Å²) >= 11 is 0. The lowest BCUT2D eigenvalue weighted by molar-refractivity contribution is -0.137. The summed E-state index contributed by atoms with van der Waals surface area (Å²) in [7, 11) is 0. The number of esters is 1. The van der Waals surface area contributed by atoms with Crippen LogP contribution in [0.25, 0.3) is 0 Å². The van der Waals surface area contributed by atoms with Crippen molar-refractivity contribution in [3.8, 4) is 0 Å². The molecular formula is C14H18O2. The van der Waals surface area contributed by atoms with Gasteiger partial charge < -0.3 is 4.74 Å². The fourth-order valence-electron chi connectivity index (χ4n) is 1.58. The number of carbonyl (C=O) groups excluding carboxylic acids is 1. The molecule has 2 nitrogen and oxygen atoms in total. The fourth-order valence-corrected chi connectivity index (χ4v) is 1.58. The minimum atomic E-state index is -0.346. The third-order valence-electron chi connectivity index (χ3n) is 2.72. The Morgan fingerprint density at radius 1 is 1.44 bits per heavy atom. The van der Waals surface area contributed by atoms with Crippen LogP contribution in [0.4, 0.5) is 0 Å². The van der Waals surface area contributed by atoms with Crippen LogP contribution in [-0.2, 0) is 16.0 Å². The maximum absolute atomic E-state index is 10.8. The molecule has 0 aliphatic rings. The molecule has 1 aromatic rings. The lowest BCUT2D eigenvalue weighted by Crippen LogP contribution is -2.03. The molecule has 1 rings (SSSR count). The molecule has 0 saturated carbocycles. The molecule has 0 heterocycles. The maximum atomic E-state index is 10.8. The van der Waals surface area contributed by atoms with Gasteiger partial charge in [-0.25, -0.2) is 4.79 Å². The zero-order valence-electron chi connectivity index (χ0n) is 9.95. The third kappa shape index (κ3) is 3.54. The Hall–Kier alpha value is -1.57. The van der Waals surface area contributed by atoms with E-state index in [9.17, 15) is 4.79 Å². The SMILES string of the molecule is C=CC(=O)OCCCc1cccc(C)c1C. The number of rotatable bonds is 5. The van der Waals surface area contributed by atoms with Crippen LogP contribution >= 0.6 is 0 Å². The van der Waals surface area contributed by atoms with Crippen LogP contribution in [0.1, 0.15) is 23.1 Å². The second-order valence-electron chi connectivity index (χ2n) is 3.83. The van der Waals surface area contributed by atoms with Crippen molar-refractivity contribution in [1.82, 2.24) is 0 Å². The molecule has 0 amide bonds. The van der Waals surface area contributed by atoms with E-state index in [0.29, 0.717) is 6.61 Å². The molecule has 1 aromatic carbocycles. The van der Waals surface area contributed by atoms with Crippen LogP contribution in [0.3, 0.4) is 0 Å². The molecule has 0 aliphatic heterocycles. The highest BCUT2D eigenvalue weighted by molar-refractivity contribution is 5.81. The first-order valence-corrected chi connectivity index (χ1v) is 5.49. The zero-order valence-corrected chi connectivity index (χ0v) is 9.95. The number of hydrogen-bond acceptors (Lipinski definition) is 2. The van der Waals surface area contributed by atoms with E-state index in [2.05, 4.69) is 38.6 Å². The molecule has 0 aromatic heterocycles. The first kappa shape index (κ1) is 12.5. The summed E-state index contributed by atoms with van der Waals surface area (Å²) in [5.41, 5.74) is 3.97. The van der Waals surface area contributed by atoms with Gasteiger partial charge in [0, 0.05) is 6.08 Å². The van der Waals surface area contributed by atoms with Crippen molar-refractivity contribution in [2.24, 2.45) is 0 Å². The third-order valence-corrected chi connectivity index (χ3v) is 2.72. The van der Waals surface area contributed by atoms with Gasteiger partial charge in [0.2, 0.25) is 0 Å². The lowest BCUT2D eigenvalue weighted by atomic mass is 10.00. The highest BCUT2D eigenvalue weighted by atomic mass is 16.5. The van der Waals surface area contributed by atoms with Crippen molar-refractivity contribution in [3.05, 3.63) is 47.5 Å². The Bertz CT molecular complexity index is 380. The minimum absolute atomic E-state index is 0.346. The molecule has 0 N–H and O–H groups in total. The van der Waals surface area contributed by atoms with Crippen molar-refractivity contribution in [2.45, 2.75) is 26.7 Å². The van der Waals surface area contributed by atoms with Crippen LogP contribution in [0.15, 0.2) is 30.9 Å². The predicted octanol–water partition coefficient (Wildman–Crippen LogP) is 2.97. The first-order chi connectivity index (χ1) is 7.65. The summed E-state index contributed by atoms with van der Waals surface area (Å²) in [6.45, 7) is 8.04. The minimum Gasteiger partial charge on any atom is -0.463 e. The van der Waals surface area contributed by atoms with Crippen molar-refractivity contribution in [1.29, 1.82) is 0 Å². The highest BCUT2D eigenvalue weighted by Crippen LogP contribution is 2.14. The number of benzene rings is 1. The predicted molar refractivity (Wildman–Crippen MR) is 65.4 cm³/mol. The number of ether oxygens (including phenoxy) is 1. The zero-order chi connectivity index (χ0) is 12.0. The van der Waals surface area contributed by atoms with Gasteiger partial charge in [-0.3, -0.25) is 0 Å². The summed E-state index contributed by atoms with van der Waals surface area (Å²) in [5.74, 6) is -0.346. The topological polar surface area (TPSA) is 26.3 Å². The smallest absolute Gasteiger partial charge is 0.330 e. The maximum Gasteiger partial charge on any atom is 0.330 e. The van der Waals surface area contributed by atoms with Gasteiger partial charge in [-0.2, -0.15) is 0 Å². The van der Waals surface area contributed by atoms with E-state index in [-0.39, 0.29) is 5.97 Å². The van der Waals surface area contributed by atoms with Gasteiger partial charge >= 0.3 is 5.97 Å². The Labute approximate surface area is 96.9 Å². The molecule has 0 atom stereocenters. The summed E-state index contributed by atoms with van der Waals surface area (Å²) < 4.78 is 4.93. The van der Waals surface area contributed by atoms with Crippen LogP contribution in [0, 0.1) is 13.8 Å².